The molecule has 10 heteroatoms. The van der Waals surface area contributed by atoms with Crippen LogP contribution in [-0.4, -0.2) is 73.7 Å². The highest BCUT2D eigenvalue weighted by Crippen LogP contribution is 2.40. The first-order valence-electron chi connectivity index (χ1n) is 10.3. The van der Waals surface area contributed by atoms with Gasteiger partial charge in [0.1, 0.15) is 5.00 Å². The first kappa shape index (κ1) is 24.2. The fraction of sp³-hybridized carbons (Fsp3) is 0.455. The van der Waals surface area contributed by atoms with Gasteiger partial charge in [0, 0.05) is 31.1 Å². The van der Waals surface area contributed by atoms with Crippen LogP contribution >= 0.6 is 11.3 Å². The van der Waals surface area contributed by atoms with Crippen molar-refractivity contribution >= 4 is 28.2 Å². The summed E-state index contributed by atoms with van der Waals surface area (Å²) < 4.78 is 42.8. The lowest BCUT2D eigenvalue weighted by atomic mass is 10.1. The van der Waals surface area contributed by atoms with Gasteiger partial charge in [-0.3, -0.25) is 14.6 Å². The predicted octanol–water partition coefficient (Wildman–Crippen LogP) is 4.02. The molecule has 0 radical (unpaired) electrons. The molecule has 1 aliphatic rings. The first-order valence-corrected chi connectivity index (χ1v) is 11.2. The van der Waals surface area contributed by atoms with Crippen molar-refractivity contribution in [2.75, 3.05) is 51.2 Å². The summed E-state index contributed by atoms with van der Waals surface area (Å²) in [5.41, 5.74) is 2.00. The van der Waals surface area contributed by atoms with Crippen molar-refractivity contribution in [1.29, 1.82) is 0 Å². The fourth-order valence-electron chi connectivity index (χ4n) is 3.64. The Balaban J connectivity index is 1.69. The number of carbonyl (C=O) groups is 2. The van der Waals surface area contributed by atoms with Crippen LogP contribution < -0.4 is 5.32 Å². The van der Waals surface area contributed by atoms with Crippen molar-refractivity contribution < 1.29 is 27.5 Å². The number of nitrogens with zero attached hydrogens (tertiary/aromatic N) is 2. The minimum atomic E-state index is -4.23. The van der Waals surface area contributed by atoms with E-state index in [9.17, 15) is 22.8 Å². The third-order valence-corrected chi connectivity index (χ3v) is 6.41. The van der Waals surface area contributed by atoms with E-state index in [0.717, 1.165) is 16.0 Å². The Morgan fingerprint density at radius 3 is 2.31 bits per heavy atom. The minimum absolute atomic E-state index is 0.0414. The maximum Gasteiger partial charge on any atom is 0.401 e. The molecule has 0 spiro atoms. The standard InChI is InChI=1S/C22H26F3N3O3S/c1-3-31-21(30)18-15(2)19(16-7-5-4-6-8-16)32-20(18)26-17(29)13-27-9-11-28(12-10-27)14-22(23,24)25/h4-8H,3,9-14H2,1-2H3,(H,26,29). The number of hydrogen-bond acceptors (Lipinski definition) is 6. The Hall–Kier alpha value is -2.43. The second kappa shape index (κ2) is 10.5. The van der Waals surface area contributed by atoms with E-state index in [-0.39, 0.29) is 32.1 Å². The van der Waals surface area contributed by atoms with Crippen LogP contribution in [0.25, 0.3) is 10.4 Å². The molecule has 1 aromatic carbocycles. The van der Waals surface area contributed by atoms with Gasteiger partial charge in [-0.15, -0.1) is 11.3 Å². The molecule has 1 aromatic heterocycles. The molecular weight excluding hydrogens is 443 g/mol. The Morgan fingerprint density at radius 2 is 1.72 bits per heavy atom. The third-order valence-electron chi connectivity index (χ3n) is 5.15. The Labute approximate surface area is 189 Å². The zero-order valence-electron chi connectivity index (χ0n) is 18.0. The van der Waals surface area contributed by atoms with Gasteiger partial charge in [0.05, 0.1) is 25.3 Å². The van der Waals surface area contributed by atoms with Gasteiger partial charge in [0.2, 0.25) is 5.91 Å². The number of rotatable bonds is 7. The van der Waals surface area contributed by atoms with Gasteiger partial charge < -0.3 is 10.1 Å². The van der Waals surface area contributed by atoms with Crippen LogP contribution in [0.2, 0.25) is 0 Å². The van der Waals surface area contributed by atoms with Gasteiger partial charge in [0.15, 0.2) is 0 Å². The van der Waals surface area contributed by atoms with Gasteiger partial charge in [-0.1, -0.05) is 30.3 Å². The van der Waals surface area contributed by atoms with E-state index in [2.05, 4.69) is 5.32 Å². The molecule has 1 fully saturated rings. The van der Waals surface area contributed by atoms with Gasteiger partial charge in [-0.2, -0.15) is 13.2 Å². The zero-order valence-corrected chi connectivity index (χ0v) is 18.8. The van der Waals surface area contributed by atoms with Crippen molar-refractivity contribution in [2.24, 2.45) is 0 Å². The maximum absolute atomic E-state index is 12.7. The monoisotopic (exact) mass is 469 g/mol. The molecule has 2 aromatic rings. The number of ether oxygens (including phenoxy) is 1. The van der Waals surface area contributed by atoms with Gasteiger partial charge in [-0.05, 0) is 25.0 Å². The van der Waals surface area contributed by atoms with E-state index in [1.807, 2.05) is 42.2 Å². The number of carbonyl (C=O) groups excluding carboxylic acids is 2. The Kier molecular flexibility index (Phi) is 7.91. The molecule has 6 nitrogen and oxygen atoms in total. The van der Waals surface area contributed by atoms with Crippen LogP contribution in [0.15, 0.2) is 30.3 Å². The van der Waals surface area contributed by atoms with Crippen molar-refractivity contribution in [3.05, 3.63) is 41.5 Å². The van der Waals surface area contributed by atoms with E-state index in [0.29, 0.717) is 23.7 Å². The molecule has 0 saturated carbocycles. The molecule has 2 heterocycles. The number of nitrogens with one attached hydrogen (secondary N) is 1. The number of anilines is 1. The number of benzene rings is 1. The summed E-state index contributed by atoms with van der Waals surface area (Å²) in [5, 5.41) is 3.24. The molecule has 0 aliphatic carbocycles. The normalized spacial score (nSPS) is 15.5. The Morgan fingerprint density at radius 1 is 1.09 bits per heavy atom. The van der Waals surface area contributed by atoms with E-state index in [1.54, 1.807) is 6.92 Å². The van der Waals surface area contributed by atoms with Crippen LogP contribution in [0.3, 0.4) is 0 Å². The molecule has 0 bridgehead atoms. The van der Waals surface area contributed by atoms with Crippen molar-refractivity contribution in [2.45, 2.75) is 20.0 Å². The number of esters is 1. The number of halogens is 3. The lowest BCUT2D eigenvalue weighted by Crippen LogP contribution is -2.50. The van der Waals surface area contributed by atoms with Crippen molar-refractivity contribution in [3.63, 3.8) is 0 Å². The lowest BCUT2D eigenvalue weighted by molar-refractivity contribution is -0.149. The van der Waals surface area contributed by atoms with Crippen LogP contribution in [0, 0.1) is 6.92 Å². The highest BCUT2D eigenvalue weighted by atomic mass is 32.1. The highest BCUT2D eigenvalue weighted by Gasteiger charge is 2.32. The second-order valence-electron chi connectivity index (χ2n) is 7.56. The van der Waals surface area contributed by atoms with E-state index in [1.165, 1.54) is 16.2 Å². The van der Waals surface area contributed by atoms with Gasteiger partial charge >= 0.3 is 12.1 Å². The van der Waals surface area contributed by atoms with E-state index < -0.39 is 18.7 Å². The number of amides is 1. The summed E-state index contributed by atoms with van der Waals surface area (Å²) in [5.74, 6) is -0.819. The smallest absolute Gasteiger partial charge is 0.401 e. The van der Waals surface area contributed by atoms with Crippen LogP contribution in [0.1, 0.15) is 22.8 Å². The van der Waals surface area contributed by atoms with Crippen LogP contribution in [-0.2, 0) is 9.53 Å². The Bertz CT molecular complexity index is 939. The predicted molar refractivity (Wildman–Crippen MR) is 118 cm³/mol. The maximum atomic E-state index is 12.7. The average Bonchev–Trinajstić information content (AvgIpc) is 3.05. The number of hydrogen-bond donors (Lipinski definition) is 1. The summed E-state index contributed by atoms with van der Waals surface area (Å²) in [7, 11) is 0. The summed E-state index contributed by atoms with van der Waals surface area (Å²) in [6, 6.07) is 9.56. The summed E-state index contributed by atoms with van der Waals surface area (Å²) in [6.07, 6.45) is -4.23. The third kappa shape index (κ3) is 6.30. The summed E-state index contributed by atoms with van der Waals surface area (Å²) >= 11 is 1.31. The molecule has 1 aliphatic heterocycles. The molecule has 3 rings (SSSR count). The molecule has 32 heavy (non-hydrogen) atoms. The minimum Gasteiger partial charge on any atom is -0.462 e. The molecule has 1 N–H and O–H groups in total. The summed E-state index contributed by atoms with van der Waals surface area (Å²) in [6.45, 7) is 4.08. The number of piperazine rings is 1. The lowest BCUT2D eigenvalue weighted by Gasteiger charge is -2.34. The second-order valence-corrected chi connectivity index (χ2v) is 8.58. The molecule has 1 saturated heterocycles. The molecule has 0 unspecified atom stereocenters. The average molecular weight is 470 g/mol. The summed E-state index contributed by atoms with van der Waals surface area (Å²) in [4.78, 5) is 29.3. The molecule has 0 atom stereocenters. The van der Waals surface area contributed by atoms with E-state index in [4.69, 9.17) is 4.74 Å². The zero-order chi connectivity index (χ0) is 23.3. The van der Waals surface area contributed by atoms with Crippen molar-refractivity contribution in [3.8, 4) is 10.4 Å². The number of alkyl halides is 3. The van der Waals surface area contributed by atoms with Crippen LogP contribution in [0.4, 0.5) is 18.2 Å². The molecule has 1 amide bonds. The largest absolute Gasteiger partial charge is 0.462 e. The SMILES string of the molecule is CCOC(=O)c1c(NC(=O)CN2CCN(CC(F)(F)F)CC2)sc(-c2ccccc2)c1C. The molecule has 174 valence electrons. The van der Waals surface area contributed by atoms with E-state index >= 15 is 0 Å². The highest BCUT2D eigenvalue weighted by molar-refractivity contribution is 7.20. The number of thiophene rings is 1. The van der Waals surface area contributed by atoms with Gasteiger partial charge in [-0.25, -0.2) is 4.79 Å². The quantitative estimate of drug-likeness (QED) is 0.621. The van der Waals surface area contributed by atoms with Crippen molar-refractivity contribution in [1.82, 2.24) is 9.80 Å². The first-order chi connectivity index (χ1) is 15.2. The van der Waals surface area contributed by atoms with Gasteiger partial charge in [0.25, 0.3) is 0 Å². The topological polar surface area (TPSA) is 61.9 Å². The van der Waals surface area contributed by atoms with Crippen LogP contribution in [0.5, 0.6) is 0 Å². The fourth-order valence-corrected chi connectivity index (χ4v) is 4.86. The molecular formula is C22H26F3N3O3S.